The molecule has 0 aliphatic heterocycles. The standard InChI is InChI=1S/C19H23NO2/c1-21-18-12-6-9-15(19(18)22-2)13-20-17-11-5-8-14-7-3-4-10-16(14)17/h5-6,8-9,11-12,20H,3-4,7,10,13H2,1-2H3. The maximum absolute atomic E-state index is 5.50. The fourth-order valence-electron chi connectivity index (χ4n) is 3.23. The van der Waals surface area contributed by atoms with E-state index in [1.54, 1.807) is 14.2 Å². The lowest BCUT2D eigenvalue weighted by atomic mass is 9.90. The van der Waals surface area contributed by atoms with E-state index in [0.717, 1.165) is 23.6 Å². The summed E-state index contributed by atoms with van der Waals surface area (Å²) in [5, 5.41) is 3.58. The molecular formula is C19H23NO2. The Kier molecular flexibility index (Phi) is 4.52. The van der Waals surface area contributed by atoms with Gasteiger partial charge in [-0.15, -0.1) is 0 Å². The van der Waals surface area contributed by atoms with Gasteiger partial charge >= 0.3 is 0 Å². The van der Waals surface area contributed by atoms with E-state index in [2.05, 4.69) is 29.6 Å². The summed E-state index contributed by atoms with van der Waals surface area (Å²) >= 11 is 0. The van der Waals surface area contributed by atoms with Gasteiger partial charge in [-0.3, -0.25) is 0 Å². The SMILES string of the molecule is COc1cccc(CNc2cccc3c2CCCC3)c1OC. The summed E-state index contributed by atoms with van der Waals surface area (Å²) in [6.07, 6.45) is 4.97. The quantitative estimate of drug-likeness (QED) is 0.897. The monoisotopic (exact) mass is 297 g/mol. The zero-order chi connectivity index (χ0) is 15.4. The first kappa shape index (κ1) is 14.8. The van der Waals surface area contributed by atoms with Crippen LogP contribution in [0.5, 0.6) is 11.5 Å². The molecular weight excluding hydrogens is 274 g/mol. The third-order valence-electron chi connectivity index (χ3n) is 4.35. The van der Waals surface area contributed by atoms with E-state index < -0.39 is 0 Å². The highest BCUT2D eigenvalue weighted by Crippen LogP contribution is 2.32. The lowest BCUT2D eigenvalue weighted by Crippen LogP contribution is -2.09. The molecule has 3 nitrogen and oxygen atoms in total. The summed E-state index contributed by atoms with van der Waals surface area (Å²) in [4.78, 5) is 0. The average Bonchev–Trinajstić information content (AvgIpc) is 2.59. The topological polar surface area (TPSA) is 30.5 Å². The zero-order valence-corrected chi connectivity index (χ0v) is 13.3. The highest BCUT2D eigenvalue weighted by atomic mass is 16.5. The van der Waals surface area contributed by atoms with Crippen LogP contribution in [0.1, 0.15) is 29.5 Å². The first-order chi connectivity index (χ1) is 10.8. The zero-order valence-electron chi connectivity index (χ0n) is 13.3. The number of fused-ring (bicyclic) bond motifs is 1. The van der Waals surface area contributed by atoms with Crippen molar-refractivity contribution in [3.05, 3.63) is 53.1 Å². The number of hydrogen-bond acceptors (Lipinski definition) is 3. The Bertz CT molecular complexity index is 612. The molecule has 2 aromatic rings. The molecule has 3 heteroatoms. The number of benzene rings is 2. The molecule has 1 aliphatic carbocycles. The number of hydrogen-bond donors (Lipinski definition) is 1. The molecule has 1 N–H and O–H groups in total. The number of aryl methyl sites for hydroxylation is 1. The minimum Gasteiger partial charge on any atom is -0.493 e. The molecule has 3 rings (SSSR count). The lowest BCUT2D eigenvalue weighted by Gasteiger charge is -2.21. The molecule has 2 aromatic carbocycles. The highest BCUT2D eigenvalue weighted by molar-refractivity contribution is 5.57. The van der Waals surface area contributed by atoms with Gasteiger partial charge in [0.25, 0.3) is 0 Å². The van der Waals surface area contributed by atoms with Crippen LogP contribution in [0, 0.1) is 0 Å². The second-order valence-electron chi connectivity index (χ2n) is 5.66. The van der Waals surface area contributed by atoms with Crippen LogP contribution in [0.15, 0.2) is 36.4 Å². The van der Waals surface area contributed by atoms with Gasteiger partial charge < -0.3 is 14.8 Å². The van der Waals surface area contributed by atoms with E-state index in [-0.39, 0.29) is 0 Å². The van der Waals surface area contributed by atoms with E-state index in [1.807, 2.05) is 12.1 Å². The highest BCUT2D eigenvalue weighted by Gasteiger charge is 2.14. The number of nitrogens with one attached hydrogen (secondary N) is 1. The fourth-order valence-corrected chi connectivity index (χ4v) is 3.23. The van der Waals surface area contributed by atoms with Crippen LogP contribution in [0.4, 0.5) is 5.69 Å². The Hall–Kier alpha value is -2.16. The molecule has 0 radical (unpaired) electrons. The molecule has 0 unspecified atom stereocenters. The summed E-state index contributed by atoms with van der Waals surface area (Å²) in [6.45, 7) is 0.733. The van der Waals surface area contributed by atoms with Crippen LogP contribution >= 0.6 is 0 Å². The van der Waals surface area contributed by atoms with Crippen LogP contribution in [0.25, 0.3) is 0 Å². The Labute approximate surface area is 132 Å². The van der Waals surface area contributed by atoms with Gasteiger partial charge in [0.15, 0.2) is 11.5 Å². The van der Waals surface area contributed by atoms with Crippen LogP contribution in [0.3, 0.4) is 0 Å². The van der Waals surface area contributed by atoms with Crippen molar-refractivity contribution in [1.82, 2.24) is 0 Å². The molecule has 0 aromatic heterocycles. The molecule has 0 heterocycles. The molecule has 0 spiro atoms. The molecule has 0 saturated heterocycles. The second-order valence-corrected chi connectivity index (χ2v) is 5.66. The normalized spacial score (nSPS) is 13.4. The van der Waals surface area contributed by atoms with Crippen LogP contribution in [0.2, 0.25) is 0 Å². The molecule has 22 heavy (non-hydrogen) atoms. The van der Waals surface area contributed by atoms with E-state index in [9.17, 15) is 0 Å². The summed E-state index contributed by atoms with van der Waals surface area (Å²) in [5.74, 6) is 1.58. The van der Waals surface area contributed by atoms with Gasteiger partial charge in [0.1, 0.15) is 0 Å². The number of methoxy groups -OCH3 is 2. The second kappa shape index (κ2) is 6.73. The lowest BCUT2D eigenvalue weighted by molar-refractivity contribution is 0.352. The maximum Gasteiger partial charge on any atom is 0.165 e. The van der Waals surface area contributed by atoms with Crippen molar-refractivity contribution >= 4 is 5.69 Å². The Morgan fingerprint density at radius 1 is 0.955 bits per heavy atom. The van der Waals surface area contributed by atoms with Gasteiger partial charge in [0.05, 0.1) is 14.2 Å². The van der Waals surface area contributed by atoms with E-state index in [4.69, 9.17) is 9.47 Å². The van der Waals surface area contributed by atoms with Gasteiger partial charge in [-0.25, -0.2) is 0 Å². The summed E-state index contributed by atoms with van der Waals surface area (Å²) in [5.41, 5.74) is 5.34. The summed E-state index contributed by atoms with van der Waals surface area (Å²) < 4.78 is 10.9. The Morgan fingerprint density at radius 3 is 2.59 bits per heavy atom. The van der Waals surface area contributed by atoms with Gasteiger partial charge in [-0.05, 0) is 48.9 Å². The first-order valence-corrected chi connectivity index (χ1v) is 7.88. The predicted molar refractivity (Wildman–Crippen MR) is 90.0 cm³/mol. The summed E-state index contributed by atoms with van der Waals surface area (Å²) in [6, 6.07) is 12.6. The van der Waals surface area contributed by atoms with E-state index >= 15 is 0 Å². The molecule has 1 aliphatic rings. The van der Waals surface area contributed by atoms with Gasteiger partial charge in [-0.1, -0.05) is 24.3 Å². The number of para-hydroxylation sites is 1. The van der Waals surface area contributed by atoms with E-state index in [0.29, 0.717) is 0 Å². The molecule has 0 fully saturated rings. The first-order valence-electron chi connectivity index (χ1n) is 7.88. The maximum atomic E-state index is 5.50. The third kappa shape index (κ3) is 2.89. The van der Waals surface area contributed by atoms with Crippen LogP contribution in [-0.4, -0.2) is 14.2 Å². The van der Waals surface area contributed by atoms with Gasteiger partial charge in [0.2, 0.25) is 0 Å². The van der Waals surface area contributed by atoms with Crippen molar-refractivity contribution in [2.75, 3.05) is 19.5 Å². The Balaban J connectivity index is 1.81. The molecule has 0 saturated carbocycles. The minimum atomic E-state index is 0.733. The van der Waals surface area contributed by atoms with E-state index in [1.165, 1.54) is 42.5 Å². The minimum absolute atomic E-state index is 0.733. The van der Waals surface area contributed by atoms with Gasteiger partial charge in [-0.2, -0.15) is 0 Å². The van der Waals surface area contributed by atoms with Crippen molar-refractivity contribution in [2.24, 2.45) is 0 Å². The van der Waals surface area contributed by atoms with Crippen molar-refractivity contribution in [3.63, 3.8) is 0 Å². The smallest absolute Gasteiger partial charge is 0.165 e. The van der Waals surface area contributed by atoms with Crippen LogP contribution < -0.4 is 14.8 Å². The predicted octanol–water partition coefficient (Wildman–Crippen LogP) is 4.19. The van der Waals surface area contributed by atoms with Gasteiger partial charge in [0, 0.05) is 17.8 Å². The van der Waals surface area contributed by atoms with Crippen molar-refractivity contribution in [2.45, 2.75) is 32.2 Å². The molecule has 0 amide bonds. The van der Waals surface area contributed by atoms with Crippen molar-refractivity contribution in [1.29, 1.82) is 0 Å². The van der Waals surface area contributed by atoms with Crippen molar-refractivity contribution < 1.29 is 9.47 Å². The molecule has 0 atom stereocenters. The van der Waals surface area contributed by atoms with Crippen LogP contribution in [-0.2, 0) is 19.4 Å². The number of rotatable bonds is 5. The largest absolute Gasteiger partial charge is 0.493 e. The Morgan fingerprint density at radius 2 is 1.77 bits per heavy atom. The fraction of sp³-hybridized carbons (Fsp3) is 0.368. The average molecular weight is 297 g/mol. The number of anilines is 1. The number of ether oxygens (including phenoxy) is 2. The molecule has 116 valence electrons. The molecule has 0 bridgehead atoms. The summed E-state index contributed by atoms with van der Waals surface area (Å²) in [7, 11) is 3.36. The third-order valence-corrected chi connectivity index (χ3v) is 4.35. The van der Waals surface area contributed by atoms with Crippen molar-refractivity contribution in [3.8, 4) is 11.5 Å².